The predicted molar refractivity (Wildman–Crippen MR) is 53.7 cm³/mol. The molecule has 1 aromatic rings. The van der Waals surface area contributed by atoms with E-state index in [2.05, 4.69) is 21.8 Å². The van der Waals surface area contributed by atoms with Gasteiger partial charge in [-0.25, -0.2) is 9.97 Å². The van der Waals surface area contributed by atoms with Crippen molar-refractivity contribution in [1.82, 2.24) is 9.97 Å². The first kappa shape index (κ1) is 10.1. The van der Waals surface area contributed by atoms with Crippen LogP contribution in [0.2, 0.25) is 5.15 Å². The molecule has 0 aliphatic carbocycles. The Morgan fingerprint density at radius 2 is 2.31 bits per heavy atom. The highest BCUT2D eigenvalue weighted by atomic mass is 35.5. The first-order chi connectivity index (χ1) is 6.24. The summed E-state index contributed by atoms with van der Waals surface area (Å²) in [7, 11) is 0. The molecule has 0 unspecified atom stereocenters. The van der Waals surface area contributed by atoms with Crippen LogP contribution in [0, 0.1) is 11.8 Å². The Kier molecular flexibility index (Phi) is 3.81. The number of nitrogens with zero attached hydrogens (tertiary/aromatic N) is 2. The fourth-order valence-electron chi connectivity index (χ4n) is 0.636. The fourth-order valence-corrected chi connectivity index (χ4v) is 0.871. The van der Waals surface area contributed by atoms with Gasteiger partial charge in [0.15, 0.2) is 11.0 Å². The molecule has 0 radical (unpaired) electrons. The molecule has 0 fully saturated rings. The van der Waals surface area contributed by atoms with E-state index in [0.717, 1.165) is 0 Å². The zero-order valence-corrected chi connectivity index (χ0v) is 8.23. The lowest BCUT2D eigenvalue weighted by Gasteiger charge is -1.94. The van der Waals surface area contributed by atoms with Gasteiger partial charge in [-0.15, -0.1) is 11.6 Å². The molecule has 1 aromatic heterocycles. The van der Waals surface area contributed by atoms with Crippen LogP contribution >= 0.6 is 23.2 Å². The second kappa shape index (κ2) is 4.90. The van der Waals surface area contributed by atoms with E-state index in [1.165, 1.54) is 6.20 Å². The lowest BCUT2D eigenvalue weighted by atomic mass is 10.4. The molecule has 0 spiro atoms. The molecule has 0 aromatic carbocycles. The molecule has 68 valence electrons. The van der Waals surface area contributed by atoms with Gasteiger partial charge in [0.05, 0.1) is 6.20 Å². The maximum absolute atomic E-state index is 5.63. The topological polar surface area (TPSA) is 51.8 Å². The van der Waals surface area contributed by atoms with Gasteiger partial charge in [0.1, 0.15) is 5.69 Å². The highest BCUT2D eigenvalue weighted by Gasteiger charge is 1.98. The van der Waals surface area contributed by atoms with Crippen molar-refractivity contribution < 1.29 is 0 Å². The molecule has 0 atom stereocenters. The SMILES string of the molecule is Nc1ncc(C#CCCCl)nc1Cl. The number of rotatable bonds is 1. The van der Waals surface area contributed by atoms with Crippen LogP contribution in [0.5, 0.6) is 0 Å². The second-order valence-corrected chi connectivity index (χ2v) is 2.91. The minimum Gasteiger partial charge on any atom is -0.381 e. The summed E-state index contributed by atoms with van der Waals surface area (Å²) in [6.45, 7) is 0. The summed E-state index contributed by atoms with van der Waals surface area (Å²) in [5.74, 6) is 6.30. The molecule has 13 heavy (non-hydrogen) atoms. The minimum absolute atomic E-state index is 0.178. The third-order valence-corrected chi connectivity index (χ3v) is 1.66. The Morgan fingerprint density at radius 1 is 1.54 bits per heavy atom. The highest BCUT2D eigenvalue weighted by molar-refractivity contribution is 6.31. The van der Waals surface area contributed by atoms with Gasteiger partial charge >= 0.3 is 0 Å². The lowest BCUT2D eigenvalue weighted by Crippen LogP contribution is -1.95. The number of aromatic nitrogens is 2. The number of anilines is 1. The molecule has 0 saturated carbocycles. The van der Waals surface area contributed by atoms with E-state index in [9.17, 15) is 0 Å². The Morgan fingerprint density at radius 3 is 2.92 bits per heavy atom. The monoisotopic (exact) mass is 215 g/mol. The van der Waals surface area contributed by atoms with E-state index >= 15 is 0 Å². The third kappa shape index (κ3) is 3.10. The molecule has 1 heterocycles. The molecule has 2 N–H and O–H groups in total. The maximum atomic E-state index is 5.63. The number of nitrogen functional groups attached to an aromatic ring is 1. The summed E-state index contributed by atoms with van der Waals surface area (Å²) in [6.07, 6.45) is 2.09. The van der Waals surface area contributed by atoms with Gasteiger partial charge in [-0.1, -0.05) is 17.5 Å². The quantitative estimate of drug-likeness (QED) is 0.574. The molecule has 0 saturated heterocycles. The normalized spacial score (nSPS) is 9.08. The van der Waals surface area contributed by atoms with Crippen LogP contribution in [0.4, 0.5) is 5.82 Å². The Hall–Kier alpha value is -0.980. The van der Waals surface area contributed by atoms with Crippen molar-refractivity contribution in [1.29, 1.82) is 0 Å². The van der Waals surface area contributed by atoms with Crippen LogP contribution in [0.1, 0.15) is 12.1 Å². The smallest absolute Gasteiger partial charge is 0.172 e. The standard InChI is InChI=1S/C8H7Cl2N3/c9-4-2-1-3-6-5-12-8(11)7(10)13-6/h5H,2,4H2,(H2,11,12). The van der Waals surface area contributed by atoms with Crippen molar-refractivity contribution in [2.45, 2.75) is 6.42 Å². The molecule has 5 heteroatoms. The number of hydrogen-bond acceptors (Lipinski definition) is 3. The predicted octanol–water partition coefficient (Wildman–Crippen LogP) is 1.69. The van der Waals surface area contributed by atoms with Crippen molar-refractivity contribution >= 4 is 29.0 Å². The first-order valence-corrected chi connectivity index (χ1v) is 4.48. The van der Waals surface area contributed by atoms with Crippen LogP contribution in [0.3, 0.4) is 0 Å². The molecule has 0 aliphatic heterocycles. The molecule has 0 aliphatic rings. The Labute approximate surface area is 86.3 Å². The summed E-state index contributed by atoms with van der Waals surface area (Å²) in [4.78, 5) is 7.71. The van der Waals surface area contributed by atoms with Gasteiger partial charge in [-0.05, 0) is 5.92 Å². The molecule has 0 bridgehead atoms. The van der Waals surface area contributed by atoms with Gasteiger partial charge in [-0.2, -0.15) is 0 Å². The van der Waals surface area contributed by atoms with Crippen LogP contribution in [-0.2, 0) is 0 Å². The number of halogens is 2. The van der Waals surface area contributed by atoms with E-state index in [1.54, 1.807) is 0 Å². The number of nitrogens with two attached hydrogens (primary N) is 1. The lowest BCUT2D eigenvalue weighted by molar-refractivity contribution is 1.18. The van der Waals surface area contributed by atoms with Gasteiger partial charge in [-0.3, -0.25) is 0 Å². The van der Waals surface area contributed by atoms with Crippen molar-refractivity contribution in [2.24, 2.45) is 0 Å². The first-order valence-electron chi connectivity index (χ1n) is 3.57. The van der Waals surface area contributed by atoms with Crippen molar-refractivity contribution in [3.8, 4) is 11.8 Å². The largest absolute Gasteiger partial charge is 0.381 e. The summed E-state index contributed by atoms with van der Waals surface area (Å²) < 4.78 is 0. The number of hydrogen-bond donors (Lipinski definition) is 1. The zero-order chi connectivity index (χ0) is 9.68. The van der Waals surface area contributed by atoms with E-state index < -0.39 is 0 Å². The van der Waals surface area contributed by atoms with Gasteiger partial charge < -0.3 is 5.73 Å². The van der Waals surface area contributed by atoms with E-state index in [0.29, 0.717) is 18.0 Å². The third-order valence-electron chi connectivity index (χ3n) is 1.19. The zero-order valence-electron chi connectivity index (χ0n) is 6.72. The maximum Gasteiger partial charge on any atom is 0.172 e. The molecule has 0 amide bonds. The highest BCUT2D eigenvalue weighted by Crippen LogP contribution is 2.11. The van der Waals surface area contributed by atoms with E-state index in [-0.39, 0.29) is 11.0 Å². The Balaban J connectivity index is 2.81. The van der Waals surface area contributed by atoms with E-state index in [1.807, 2.05) is 0 Å². The van der Waals surface area contributed by atoms with Crippen molar-refractivity contribution in [3.63, 3.8) is 0 Å². The van der Waals surface area contributed by atoms with Crippen LogP contribution in [0.15, 0.2) is 6.20 Å². The van der Waals surface area contributed by atoms with Crippen molar-refractivity contribution in [3.05, 3.63) is 17.0 Å². The van der Waals surface area contributed by atoms with Crippen molar-refractivity contribution in [2.75, 3.05) is 11.6 Å². The molecule has 3 nitrogen and oxygen atoms in total. The summed E-state index contributed by atoms with van der Waals surface area (Å²) in [5, 5.41) is 0.178. The van der Waals surface area contributed by atoms with Gasteiger partial charge in [0.2, 0.25) is 0 Å². The van der Waals surface area contributed by atoms with Crippen LogP contribution in [0.25, 0.3) is 0 Å². The molecular formula is C8H7Cl2N3. The summed E-state index contributed by atoms with van der Waals surface area (Å²) in [5.41, 5.74) is 5.87. The minimum atomic E-state index is 0.178. The average molecular weight is 216 g/mol. The van der Waals surface area contributed by atoms with Crippen LogP contribution < -0.4 is 5.73 Å². The van der Waals surface area contributed by atoms with Gasteiger partial charge in [0, 0.05) is 12.3 Å². The second-order valence-electron chi connectivity index (χ2n) is 2.17. The van der Waals surface area contributed by atoms with E-state index in [4.69, 9.17) is 28.9 Å². The summed E-state index contributed by atoms with van der Waals surface area (Å²) >= 11 is 11.1. The molecular weight excluding hydrogens is 209 g/mol. The summed E-state index contributed by atoms with van der Waals surface area (Å²) in [6, 6.07) is 0. The molecule has 1 rings (SSSR count). The average Bonchev–Trinajstić information content (AvgIpc) is 2.12. The Bertz CT molecular complexity index is 354. The number of alkyl halides is 1. The van der Waals surface area contributed by atoms with Crippen LogP contribution in [-0.4, -0.2) is 15.8 Å². The van der Waals surface area contributed by atoms with Gasteiger partial charge in [0.25, 0.3) is 0 Å². The fraction of sp³-hybridized carbons (Fsp3) is 0.250.